The highest BCUT2D eigenvalue weighted by Crippen LogP contribution is 2.24. The first-order valence-electron chi connectivity index (χ1n) is 6.51. The molecule has 1 aromatic rings. The molecule has 0 amide bonds. The summed E-state index contributed by atoms with van der Waals surface area (Å²) in [5, 5.41) is 3.58. The number of anilines is 1. The fourth-order valence-electron chi connectivity index (χ4n) is 2.31. The van der Waals surface area contributed by atoms with Crippen LogP contribution in [0.25, 0.3) is 0 Å². The molecule has 1 fully saturated rings. The Balaban J connectivity index is 2.17. The van der Waals surface area contributed by atoms with Gasteiger partial charge in [-0.1, -0.05) is 13.8 Å². The number of nitrogens with one attached hydrogen (secondary N) is 1. The van der Waals surface area contributed by atoms with Gasteiger partial charge in [0.05, 0.1) is 4.47 Å². The lowest BCUT2D eigenvalue weighted by Crippen LogP contribution is -2.41. The Kier molecular flexibility index (Phi) is 4.62. The summed E-state index contributed by atoms with van der Waals surface area (Å²) >= 11 is 3.26. The minimum absolute atomic E-state index is 0.202. The number of hydrogen-bond acceptors (Lipinski definition) is 2. The quantitative estimate of drug-likeness (QED) is 0.900. The predicted octanol–water partition coefficient (Wildman–Crippen LogP) is 3.41. The van der Waals surface area contributed by atoms with E-state index >= 15 is 0 Å². The van der Waals surface area contributed by atoms with Crippen molar-refractivity contribution in [3.8, 4) is 0 Å². The number of hydrogen-bond donors (Lipinski definition) is 1. The molecule has 4 heteroatoms. The molecule has 1 atom stereocenters. The van der Waals surface area contributed by atoms with E-state index in [4.69, 9.17) is 0 Å². The molecule has 18 heavy (non-hydrogen) atoms. The lowest BCUT2D eigenvalue weighted by atomic mass is 10.0. The van der Waals surface area contributed by atoms with Crippen molar-refractivity contribution in [1.29, 1.82) is 0 Å². The Bertz CT molecular complexity index is 409. The van der Waals surface area contributed by atoms with Crippen LogP contribution in [0, 0.1) is 11.7 Å². The van der Waals surface area contributed by atoms with Crippen LogP contribution in [0.5, 0.6) is 0 Å². The third-order valence-electron chi connectivity index (χ3n) is 3.50. The van der Waals surface area contributed by atoms with Crippen LogP contribution in [0.1, 0.15) is 20.3 Å². The van der Waals surface area contributed by atoms with Crippen molar-refractivity contribution in [2.45, 2.75) is 26.3 Å². The highest BCUT2D eigenvalue weighted by atomic mass is 79.9. The summed E-state index contributed by atoms with van der Waals surface area (Å²) in [6.07, 6.45) is 1.12. The molecule has 1 aliphatic rings. The van der Waals surface area contributed by atoms with Crippen molar-refractivity contribution >= 4 is 21.6 Å². The highest BCUT2D eigenvalue weighted by molar-refractivity contribution is 9.10. The van der Waals surface area contributed by atoms with Crippen LogP contribution in [-0.2, 0) is 0 Å². The van der Waals surface area contributed by atoms with Gasteiger partial charge in [0.25, 0.3) is 0 Å². The van der Waals surface area contributed by atoms with Gasteiger partial charge in [0.15, 0.2) is 0 Å². The number of nitrogens with zero attached hydrogens (tertiary/aromatic N) is 1. The molecule has 0 radical (unpaired) electrons. The molecule has 0 saturated carbocycles. The predicted molar refractivity (Wildman–Crippen MR) is 77.6 cm³/mol. The minimum Gasteiger partial charge on any atom is -0.370 e. The zero-order valence-corrected chi connectivity index (χ0v) is 12.5. The monoisotopic (exact) mass is 314 g/mol. The standard InChI is InChI=1S/C14H20BrFN2/c1-10(2)14-9-18(7-3-6-17-14)11-4-5-13(16)12(15)8-11/h4-5,8,10,14,17H,3,6-7,9H2,1-2H3. The molecule has 0 aliphatic carbocycles. The van der Waals surface area contributed by atoms with E-state index in [2.05, 4.69) is 40.0 Å². The maximum Gasteiger partial charge on any atom is 0.137 e. The summed E-state index contributed by atoms with van der Waals surface area (Å²) in [7, 11) is 0. The summed E-state index contributed by atoms with van der Waals surface area (Å²) in [6.45, 7) is 7.54. The van der Waals surface area contributed by atoms with Crippen molar-refractivity contribution in [3.63, 3.8) is 0 Å². The van der Waals surface area contributed by atoms with Crippen molar-refractivity contribution in [2.24, 2.45) is 5.92 Å². The molecule has 1 N–H and O–H groups in total. The second-order valence-corrected chi connectivity index (χ2v) is 6.06. The third-order valence-corrected chi connectivity index (χ3v) is 4.11. The zero-order valence-electron chi connectivity index (χ0n) is 10.9. The molecule has 2 rings (SSSR count). The summed E-state index contributed by atoms with van der Waals surface area (Å²) in [5.41, 5.74) is 1.10. The molecule has 1 aliphatic heterocycles. The van der Waals surface area contributed by atoms with Gasteiger partial charge in [0, 0.05) is 24.8 Å². The lowest BCUT2D eigenvalue weighted by molar-refractivity contribution is 0.420. The first-order valence-corrected chi connectivity index (χ1v) is 7.30. The largest absolute Gasteiger partial charge is 0.370 e. The lowest BCUT2D eigenvalue weighted by Gasteiger charge is -2.28. The number of halogens is 2. The number of benzene rings is 1. The van der Waals surface area contributed by atoms with E-state index in [1.807, 2.05) is 12.1 Å². The Morgan fingerprint density at radius 1 is 1.44 bits per heavy atom. The molecule has 1 aromatic carbocycles. The number of rotatable bonds is 2. The van der Waals surface area contributed by atoms with E-state index in [0.29, 0.717) is 16.4 Å². The average Bonchev–Trinajstić information content (AvgIpc) is 2.58. The molecular weight excluding hydrogens is 295 g/mol. The van der Waals surface area contributed by atoms with E-state index in [9.17, 15) is 4.39 Å². The van der Waals surface area contributed by atoms with Crippen LogP contribution < -0.4 is 10.2 Å². The van der Waals surface area contributed by atoms with E-state index in [-0.39, 0.29) is 5.82 Å². The Labute approximate surface area is 117 Å². The fraction of sp³-hybridized carbons (Fsp3) is 0.571. The molecular formula is C14H20BrFN2. The van der Waals surface area contributed by atoms with E-state index < -0.39 is 0 Å². The molecule has 1 unspecified atom stereocenters. The Morgan fingerprint density at radius 2 is 2.22 bits per heavy atom. The van der Waals surface area contributed by atoms with Gasteiger partial charge in [0.2, 0.25) is 0 Å². The maximum absolute atomic E-state index is 13.3. The molecule has 1 heterocycles. The average molecular weight is 315 g/mol. The van der Waals surface area contributed by atoms with Gasteiger partial charge in [-0.2, -0.15) is 0 Å². The third kappa shape index (κ3) is 3.23. The van der Waals surface area contributed by atoms with Gasteiger partial charge in [-0.25, -0.2) is 4.39 Å². The van der Waals surface area contributed by atoms with Gasteiger partial charge in [0.1, 0.15) is 5.82 Å². The fourth-order valence-corrected chi connectivity index (χ4v) is 2.68. The van der Waals surface area contributed by atoms with E-state index in [1.54, 1.807) is 0 Å². The first-order chi connectivity index (χ1) is 8.58. The van der Waals surface area contributed by atoms with Crippen molar-refractivity contribution < 1.29 is 4.39 Å². The van der Waals surface area contributed by atoms with E-state index in [0.717, 1.165) is 31.7 Å². The van der Waals surface area contributed by atoms with Gasteiger partial charge >= 0.3 is 0 Å². The minimum atomic E-state index is -0.202. The summed E-state index contributed by atoms with van der Waals surface area (Å²) in [5.74, 6) is 0.404. The molecule has 0 spiro atoms. The first kappa shape index (κ1) is 13.8. The Morgan fingerprint density at radius 3 is 2.89 bits per heavy atom. The molecule has 0 bridgehead atoms. The van der Waals surface area contributed by atoms with Crippen LogP contribution in [-0.4, -0.2) is 25.7 Å². The molecule has 2 nitrogen and oxygen atoms in total. The molecule has 1 saturated heterocycles. The van der Waals surface area contributed by atoms with Crippen molar-refractivity contribution in [1.82, 2.24) is 5.32 Å². The SMILES string of the molecule is CC(C)C1CN(c2ccc(F)c(Br)c2)CCCN1. The van der Waals surface area contributed by atoms with Gasteiger partial charge < -0.3 is 10.2 Å². The van der Waals surface area contributed by atoms with Crippen molar-refractivity contribution in [2.75, 3.05) is 24.5 Å². The van der Waals surface area contributed by atoms with Crippen LogP contribution in [0.2, 0.25) is 0 Å². The second kappa shape index (κ2) is 6.02. The summed E-state index contributed by atoms with van der Waals surface area (Å²) in [6, 6.07) is 5.76. The van der Waals surface area contributed by atoms with E-state index in [1.165, 1.54) is 6.07 Å². The molecule has 100 valence electrons. The normalized spacial score (nSPS) is 21.2. The summed E-state index contributed by atoms with van der Waals surface area (Å²) < 4.78 is 13.8. The van der Waals surface area contributed by atoms with Crippen molar-refractivity contribution in [3.05, 3.63) is 28.5 Å². The topological polar surface area (TPSA) is 15.3 Å². The highest BCUT2D eigenvalue weighted by Gasteiger charge is 2.20. The van der Waals surface area contributed by atoms with Gasteiger partial charge in [-0.05, 0) is 53.0 Å². The van der Waals surface area contributed by atoms with Crippen LogP contribution >= 0.6 is 15.9 Å². The maximum atomic E-state index is 13.3. The smallest absolute Gasteiger partial charge is 0.137 e. The van der Waals surface area contributed by atoms with Crippen LogP contribution in [0.4, 0.5) is 10.1 Å². The Hall–Kier alpha value is -0.610. The molecule has 0 aromatic heterocycles. The summed E-state index contributed by atoms with van der Waals surface area (Å²) in [4.78, 5) is 2.34. The van der Waals surface area contributed by atoms with Crippen LogP contribution in [0.15, 0.2) is 22.7 Å². The van der Waals surface area contributed by atoms with Crippen LogP contribution in [0.3, 0.4) is 0 Å². The van der Waals surface area contributed by atoms with Gasteiger partial charge in [-0.15, -0.1) is 0 Å². The second-order valence-electron chi connectivity index (χ2n) is 5.20. The van der Waals surface area contributed by atoms with Gasteiger partial charge in [-0.3, -0.25) is 0 Å². The zero-order chi connectivity index (χ0) is 13.1.